The van der Waals surface area contributed by atoms with Crippen molar-refractivity contribution in [2.75, 3.05) is 6.54 Å². The predicted octanol–water partition coefficient (Wildman–Crippen LogP) is 3.77. The summed E-state index contributed by atoms with van der Waals surface area (Å²) in [5, 5.41) is 21.8. The lowest BCUT2D eigenvalue weighted by atomic mass is 9.90. The molecule has 27 heavy (non-hydrogen) atoms. The fourth-order valence-electron chi connectivity index (χ4n) is 4.13. The van der Waals surface area contributed by atoms with Gasteiger partial charge in [0.25, 0.3) is 0 Å². The maximum atomic E-state index is 10.9. The van der Waals surface area contributed by atoms with E-state index in [2.05, 4.69) is 69.3 Å². The van der Waals surface area contributed by atoms with Crippen LogP contribution in [0.25, 0.3) is 0 Å². The molecule has 1 aromatic carbocycles. The maximum absolute atomic E-state index is 10.9. The molecule has 2 aliphatic rings. The zero-order valence-electron chi connectivity index (χ0n) is 15.2. The normalized spacial score (nSPS) is 26.3. The first-order valence-corrected chi connectivity index (χ1v) is 10.6. The number of β-amino-alcohol motifs (C(OH)–C–C–N with tert-alkyl or cyclic N) is 1. The first-order chi connectivity index (χ1) is 13.3. The number of hydrogen-bond acceptors (Lipinski definition) is 5. The monoisotopic (exact) mass is 380 g/mol. The molecule has 0 bridgehead atoms. The quantitative estimate of drug-likeness (QED) is 0.732. The third kappa shape index (κ3) is 3.57. The molecule has 1 aliphatic heterocycles. The number of likely N-dealkylation sites (tertiary alicyclic amines) is 1. The highest BCUT2D eigenvalue weighted by atomic mass is 32.1. The minimum absolute atomic E-state index is 0.0326. The Balaban J connectivity index is 1.42. The van der Waals surface area contributed by atoms with E-state index in [1.807, 2.05) is 4.68 Å². The lowest BCUT2D eigenvalue weighted by Gasteiger charge is -2.42. The number of aromatic nitrogens is 3. The van der Waals surface area contributed by atoms with Crippen LogP contribution >= 0.6 is 11.3 Å². The van der Waals surface area contributed by atoms with Crippen LogP contribution in [0.5, 0.6) is 0 Å². The average Bonchev–Trinajstić information content (AvgIpc) is 3.20. The van der Waals surface area contributed by atoms with E-state index in [4.69, 9.17) is 0 Å². The Bertz CT molecular complexity index is 875. The van der Waals surface area contributed by atoms with E-state index < -0.39 is 6.10 Å². The van der Waals surface area contributed by atoms with Gasteiger partial charge in [-0.1, -0.05) is 41.6 Å². The molecular formula is C21H24N4OS. The van der Waals surface area contributed by atoms with Crippen LogP contribution in [0.4, 0.5) is 0 Å². The summed E-state index contributed by atoms with van der Waals surface area (Å²) < 4.78 is 1.91. The number of aliphatic hydroxyl groups is 1. The minimum atomic E-state index is -0.446. The van der Waals surface area contributed by atoms with Crippen molar-refractivity contribution in [1.82, 2.24) is 19.9 Å². The van der Waals surface area contributed by atoms with Crippen molar-refractivity contribution in [2.24, 2.45) is 0 Å². The topological polar surface area (TPSA) is 54.2 Å². The Morgan fingerprint density at radius 3 is 2.70 bits per heavy atom. The van der Waals surface area contributed by atoms with Gasteiger partial charge in [-0.25, -0.2) is 4.68 Å². The van der Waals surface area contributed by atoms with Gasteiger partial charge in [0.2, 0.25) is 0 Å². The van der Waals surface area contributed by atoms with E-state index in [1.165, 1.54) is 23.3 Å². The van der Waals surface area contributed by atoms with Gasteiger partial charge in [0.05, 0.1) is 17.8 Å². The van der Waals surface area contributed by atoms with Crippen molar-refractivity contribution < 1.29 is 5.11 Å². The molecule has 6 heteroatoms. The Hall–Kier alpha value is -2.02. The standard InChI is InChI=1S/C21H24N4OS/c26-21-14-24(12-17-7-4-10-27-17)19(16-5-2-1-3-6-16)11-20(21)25-13-18(22-23-25)15-8-9-15/h1-7,10,13,15,19-21,26H,8-9,11-12,14H2/t19-,20+,21-/m1/s1. The predicted molar refractivity (Wildman–Crippen MR) is 106 cm³/mol. The van der Waals surface area contributed by atoms with E-state index in [0.29, 0.717) is 12.5 Å². The molecular weight excluding hydrogens is 356 g/mol. The smallest absolute Gasteiger partial charge is 0.0892 e. The molecule has 5 rings (SSSR count). The molecule has 0 amide bonds. The summed E-state index contributed by atoms with van der Waals surface area (Å²) in [6.45, 7) is 1.51. The lowest BCUT2D eigenvalue weighted by molar-refractivity contribution is -0.0131. The summed E-state index contributed by atoms with van der Waals surface area (Å²) in [7, 11) is 0. The van der Waals surface area contributed by atoms with Gasteiger partial charge in [-0.3, -0.25) is 4.90 Å². The highest BCUT2D eigenvalue weighted by Gasteiger charge is 2.38. The van der Waals surface area contributed by atoms with Crippen molar-refractivity contribution >= 4 is 11.3 Å². The van der Waals surface area contributed by atoms with Gasteiger partial charge in [0.1, 0.15) is 0 Å². The van der Waals surface area contributed by atoms with Gasteiger partial charge in [0.15, 0.2) is 0 Å². The van der Waals surface area contributed by atoms with Gasteiger partial charge < -0.3 is 5.11 Å². The third-order valence-corrected chi connectivity index (χ3v) is 6.62. The second kappa shape index (κ2) is 7.19. The fraction of sp³-hybridized carbons (Fsp3) is 0.429. The molecule has 1 saturated heterocycles. The van der Waals surface area contributed by atoms with Gasteiger partial charge in [-0.15, -0.1) is 16.4 Å². The highest BCUT2D eigenvalue weighted by molar-refractivity contribution is 7.09. The summed E-state index contributed by atoms with van der Waals surface area (Å²) in [6, 6.07) is 15.1. The molecule has 0 spiro atoms. The van der Waals surface area contributed by atoms with E-state index in [0.717, 1.165) is 18.7 Å². The van der Waals surface area contributed by atoms with Crippen molar-refractivity contribution in [2.45, 2.75) is 49.9 Å². The van der Waals surface area contributed by atoms with Crippen LogP contribution in [0.2, 0.25) is 0 Å². The summed E-state index contributed by atoms with van der Waals surface area (Å²) in [5.41, 5.74) is 2.38. The maximum Gasteiger partial charge on any atom is 0.0892 e. The number of piperidine rings is 1. The molecule has 0 radical (unpaired) electrons. The van der Waals surface area contributed by atoms with E-state index in [-0.39, 0.29) is 12.1 Å². The molecule has 2 fully saturated rings. The second-order valence-electron chi connectivity index (χ2n) is 7.70. The molecule has 3 aromatic rings. The largest absolute Gasteiger partial charge is 0.390 e. The summed E-state index contributed by atoms with van der Waals surface area (Å²) in [6.07, 6.45) is 4.88. The number of benzene rings is 1. The van der Waals surface area contributed by atoms with E-state index >= 15 is 0 Å². The van der Waals surface area contributed by atoms with Gasteiger partial charge in [-0.2, -0.15) is 0 Å². The fourth-order valence-corrected chi connectivity index (χ4v) is 4.86. The Labute approximate surface area is 163 Å². The van der Waals surface area contributed by atoms with Crippen LogP contribution in [0.1, 0.15) is 53.4 Å². The summed E-state index contributed by atoms with van der Waals surface area (Å²) in [4.78, 5) is 3.74. The average molecular weight is 381 g/mol. The molecule has 1 aliphatic carbocycles. The number of aliphatic hydroxyl groups excluding tert-OH is 1. The third-order valence-electron chi connectivity index (χ3n) is 5.76. The Morgan fingerprint density at radius 1 is 1.11 bits per heavy atom. The van der Waals surface area contributed by atoms with Crippen LogP contribution < -0.4 is 0 Å². The Kier molecular flexibility index (Phi) is 4.55. The van der Waals surface area contributed by atoms with Crippen LogP contribution in [-0.4, -0.2) is 37.6 Å². The van der Waals surface area contributed by atoms with Crippen LogP contribution in [0.15, 0.2) is 54.0 Å². The molecule has 1 saturated carbocycles. The lowest BCUT2D eigenvalue weighted by Crippen LogP contribution is -2.46. The minimum Gasteiger partial charge on any atom is -0.390 e. The SMILES string of the molecule is O[C@@H]1CN(Cc2cccs2)[C@@H](c2ccccc2)C[C@@H]1n1cc(C2CC2)nn1. The van der Waals surface area contributed by atoms with Crippen molar-refractivity contribution in [3.63, 3.8) is 0 Å². The van der Waals surface area contributed by atoms with Crippen LogP contribution in [0, 0.1) is 0 Å². The van der Waals surface area contributed by atoms with Crippen molar-refractivity contribution in [1.29, 1.82) is 0 Å². The zero-order valence-corrected chi connectivity index (χ0v) is 16.0. The molecule has 0 unspecified atom stereocenters. The number of thiophene rings is 1. The van der Waals surface area contributed by atoms with Crippen LogP contribution in [0.3, 0.4) is 0 Å². The Morgan fingerprint density at radius 2 is 1.96 bits per heavy atom. The van der Waals surface area contributed by atoms with Crippen LogP contribution in [-0.2, 0) is 6.54 Å². The number of nitrogens with zero attached hydrogens (tertiary/aromatic N) is 4. The molecule has 140 valence electrons. The van der Waals surface area contributed by atoms with Gasteiger partial charge >= 0.3 is 0 Å². The molecule has 2 aromatic heterocycles. The molecule has 3 atom stereocenters. The van der Waals surface area contributed by atoms with Gasteiger partial charge in [-0.05, 0) is 36.3 Å². The zero-order chi connectivity index (χ0) is 18.2. The number of rotatable bonds is 5. The molecule has 5 nitrogen and oxygen atoms in total. The van der Waals surface area contributed by atoms with Crippen molar-refractivity contribution in [3.8, 4) is 0 Å². The van der Waals surface area contributed by atoms with E-state index in [9.17, 15) is 5.11 Å². The van der Waals surface area contributed by atoms with Crippen molar-refractivity contribution in [3.05, 3.63) is 70.2 Å². The number of hydrogen-bond donors (Lipinski definition) is 1. The first-order valence-electron chi connectivity index (χ1n) is 9.69. The summed E-state index contributed by atoms with van der Waals surface area (Å²) >= 11 is 1.77. The second-order valence-corrected chi connectivity index (χ2v) is 8.74. The first kappa shape index (κ1) is 17.1. The molecule has 3 heterocycles. The van der Waals surface area contributed by atoms with Gasteiger partial charge in [0, 0.05) is 36.1 Å². The highest BCUT2D eigenvalue weighted by Crippen LogP contribution is 2.41. The summed E-state index contributed by atoms with van der Waals surface area (Å²) in [5.74, 6) is 0.583. The molecule has 1 N–H and O–H groups in total. The van der Waals surface area contributed by atoms with E-state index in [1.54, 1.807) is 11.3 Å².